The number of para-hydroxylation sites is 1. The number of nitrogens with zero attached hydrogens (tertiary/aromatic N) is 1. The van der Waals surface area contributed by atoms with E-state index < -0.39 is 10.0 Å². The largest absolute Gasteiger partial charge is 0.277 e. The first-order valence-electron chi connectivity index (χ1n) is 11.0. The molecule has 3 aromatic rings. The number of benzene rings is 2. The van der Waals surface area contributed by atoms with Gasteiger partial charge in [-0.3, -0.25) is 9.71 Å². The number of nitrogens with one attached hydrogen (secondary N) is 1. The summed E-state index contributed by atoms with van der Waals surface area (Å²) in [5, 5.41) is 0.911. The monoisotopic (exact) mass is 424 g/mol. The van der Waals surface area contributed by atoms with E-state index in [0.29, 0.717) is 16.1 Å². The van der Waals surface area contributed by atoms with Gasteiger partial charge in [-0.2, -0.15) is 0 Å². The van der Waals surface area contributed by atoms with E-state index in [1.165, 1.54) is 5.56 Å². The molecule has 160 valence electrons. The van der Waals surface area contributed by atoms with Gasteiger partial charge in [-0.1, -0.05) is 69.9 Å². The van der Waals surface area contributed by atoms with Crippen molar-refractivity contribution < 1.29 is 8.42 Å². The minimum absolute atomic E-state index is 0.403. The number of fused-ring (bicyclic) bond motifs is 1. The Kier molecular flexibility index (Phi) is 7.86. The van der Waals surface area contributed by atoms with Crippen molar-refractivity contribution in [2.45, 2.75) is 70.1 Å². The van der Waals surface area contributed by atoms with Crippen molar-refractivity contribution in [1.82, 2.24) is 4.98 Å². The van der Waals surface area contributed by atoms with E-state index in [1.54, 1.807) is 18.3 Å². The maximum absolute atomic E-state index is 13.4. The van der Waals surface area contributed by atoms with E-state index in [-0.39, 0.29) is 0 Å². The fourth-order valence-electron chi connectivity index (χ4n) is 3.88. The lowest BCUT2D eigenvalue weighted by Crippen LogP contribution is -2.16. The summed E-state index contributed by atoms with van der Waals surface area (Å²) >= 11 is 0. The third kappa shape index (κ3) is 5.39. The van der Waals surface area contributed by atoms with Crippen molar-refractivity contribution in [2.75, 3.05) is 4.72 Å². The molecule has 0 fully saturated rings. The van der Waals surface area contributed by atoms with Crippen LogP contribution in [0.2, 0.25) is 0 Å². The minimum Gasteiger partial charge on any atom is -0.277 e. The quantitative estimate of drug-likeness (QED) is 0.357. The molecule has 0 amide bonds. The Morgan fingerprint density at radius 2 is 1.53 bits per heavy atom. The zero-order valence-corrected chi connectivity index (χ0v) is 18.8. The highest BCUT2D eigenvalue weighted by atomic mass is 32.2. The number of pyridine rings is 1. The van der Waals surface area contributed by atoms with Crippen LogP contribution in [-0.4, -0.2) is 13.4 Å². The van der Waals surface area contributed by atoms with Crippen LogP contribution in [-0.2, 0) is 22.9 Å². The number of aryl methyl sites for hydroxylation is 1. The zero-order valence-electron chi connectivity index (χ0n) is 18.0. The Hall–Kier alpha value is -2.40. The highest BCUT2D eigenvalue weighted by Crippen LogP contribution is 2.28. The van der Waals surface area contributed by atoms with Crippen LogP contribution < -0.4 is 4.72 Å². The van der Waals surface area contributed by atoms with Crippen molar-refractivity contribution in [3.63, 3.8) is 0 Å². The zero-order chi connectivity index (χ0) is 21.4. The fourth-order valence-corrected chi connectivity index (χ4v) is 5.26. The number of rotatable bonds is 11. The lowest BCUT2D eigenvalue weighted by molar-refractivity contribution is 0.598. The van der Waals surface area contributed by atoms with Gasteiger partial charge in [0.05, 0.1) is 16.1 Å². The topological polar surface area (TPSA) is 59.1 Å². The molecule has 0 aliphatic rings. The first-order valence-corrected chi connectivity index (χ1v) is 12.5. The second-order valence-electron chi connectivity index (χ2n) is 7.79. The average Bonchev–Trinajstić information content (AvgIpc) is 2.75. The van der Waals surface area contributed by atoms with E-state index in [0.717, 1.165) is 62.3 Å². The second kappa shape index (κ2) is 10.6. The Bertz CT molecular complexity index is 1070. The standard InChI is InChI=1S/C25H32N2O2S/c1-3-5-7-12-20-13-10-18-24(22(20)16-8-6-4-2)30(28,29)27-23-17-9-14-21-15-11-19-26-25(21)23/h9-11,13-15,17-19,27H,3-8,12,16H2,1-2H3. The second-order valence-corrected chi connectivity index (χ2v) is 9.45. The fraction of sp³-hybridized carbons (Fsp3) is 0.400. The number of hydrogen-bond acceptors (Lipinski definition) is 3. The van der Waals surface area contributed by atoms with Crippen molar-refractivity contribution in [2.24, 2.45) is 0 Å². The molecule has 0 aliphatic heterocycles. The number of sulfonamides is 1. The lowest BCUT2D eigenvalue weighted by atomic mass is 9.97. The maximum atomic E-state index is 13.4. The summed E-state index contributed by atoms with van der Waals surface area (Å²) in [5.74, 6) is 0. The van der Waals surface area contributed by atoms with Gasteiger partial charge in [-0.05, 0) is 55.0 Å². The van der Waals surface area contributed by atoms with Crippen LogP contribution in [0.4, 0.5) is 5.69 Å². The first kappa shape index (κ1) is 22.3. The molecule has 0 spiro atoms. The molecule has 2 aromatic carbocycles. The van der Waals surface area contributed by atoms with Gasteiger partial charge in [0.15, 0.2) is 0 Å². The minimum atomic E-state index is -3.72. The van der Waals surface area contributed by atoms with Gasteiger partial charge in [0, 0.05) is 11.6 Å². The van der Waals surface area contributed by atoms with Gasteiger partial charge in [0.25, 0.3) is 10.0 Å². The van der Waals surface area contributed by atoms with Crippen molar-refractivity contribution in [3.8, 4) is 0 Å². The molecule has 0 aliphatic carbocycles. The molecule has 4 nitrogen and oxygen atoms in total. The van der Waals surface area contributed by atoms with Crippen LogP contribution in [0.15, 0.2) is 59.6 Å². The Labute approximate surface area is 180 Å². The summed E-state index contributed by atoms with van der Waals surface area (Å²) in [4.78, 5) is 4.79. The molecule has 3 rings (SSSR count). The van der Waals surface area contributed by atoms with Crippen LogP contribution in [0.25, 0.3) is 10.9 Å². The highest BCUT2D eigenvalue weighted by molar-refractivity contribution is 7.92. The van der Waals surface area contributed by atoms with Crippen LogP contribution in [0, 0.1) is 0 Å². The predicted octanol–water partition coefficient (Wildman–Crippen LogP) is 6.50. The molecule has 0 radical (unpaired) electrons. The number of unbranched alkanes of at least 4 members (excludes halogenated alkanes) is 4. The molecular formula is C25H32N2O2S. The Morgan fingerprint density at radius 1 is 0.833 bits per heavy atom. The van der Waals surface area contributed by atoms with E-state index in [2.05, 4.69) is 29.6 Å². The number of anilines is 1. The normalized spacial score (nSPS) is 11.7. The van der Waals surface area contributed by atoms with Crippen LogP contribution >= 0.6 is 0 Å². The first-order chi connectivity index (χ1) is 14.6. The predicted molar refractivity (Wildman–Crippen MR) is 125 cm³/mol. The third-order valence-electron chi connectivity index (χ3n) is 5.48. The molecule has 1 N–H and O–H groups in total. The summed E-state index contributed by atoms with van der Waals surface area (Å²) in [6.07, 6.45) is 10.0. The average molecular weight is 425 g/mol. The van der Waals surface area contributed by atoms with Gasteiger partial charge in [0.1, 0.15) is 0 Å². The van der Waals surface area contributed by atoms with E-state index in [9.17, 15) is 8.42 Å². The van der Waals surface area contributed by atoms with Gasteiger partial charge in [0.2, 0.25) is 0 Å². The van der Waals surface area contributed by atoms with Crippen molar-refractivity contribution in [1.29, 1.82) is 0 Å². The third-order valence-corrected chi connectivity index (χ3v) is 6.93. The molecule has 0 saturated heterocycles. The van der Waals surface area contributed by atoms with Gasteiger partial charge >= 0.3 is 0 Å². The van der Waals surface area contributed by atoms with Gasteiger partial charge in [-0.15, -0.1) is 0 Å². The molecule has 1 heterocycles. The van der Waals surface area contributed by atoms with Gasteiger partial charge < -0.3 is 0 Å². The molecule has 0 unspecified atom stereocenters. The van der Waals surface area contributed by atoms with E-state index in [1.807, 2.05) is 30.3 Å². The van der Waals surface area contributed by atoms with E-state index in [4.69, 9.17) is 0 Å². The van der Waals surface area contributed by atoms with Crippen molar-refractivity contribution >= 4 is 26.6 Å². The van der Waals surface area contributed by atoms with Crippen LogP contribution in [0.3, 0.4) is 0 Å². The van der Waals surface area contributed by atoms with Gasteiger partial charge in [-0.25, -0.2) is 8.42 Å². The highest BCUT2D eigenvalue weighted by Gasteiger charge is 2.21. The molecular weight excluding hydrogens is 392 g/mol. The van der Waals surface area contributed by atoms with Crippen LogP contribution in [0.1, 0.15) is 63.5 Å². The summed E-state index contributed by atoms with van der Waals surface area (Å²) in [6, 6.07) is 15.1. The summed E-state index contributed by atoms with van der Waals surface area (Å²) in [7, 11) is -3.72. The summed E-state index contributed by atoms with van der Waals surface area (Å²) in [5.41, 5.74) is 3.32. The summed E-state index contributed by atoms with van der Waals surface area (Å²) < 4.78 is 29.7. The van der Waals surface area contributed by atoms with E-state index >= 15 is 0 Å². The molecule has 0 atom stereocenters. The lowest BCUT2D eigenvalue weighted by Gasteiger charge is -2.17. The Morgan fingerprint density at radius 3 is 2.30 bits per heavy atom. The molecule has 0 saturated carbocycles. The van der Waals surface area contributed by atoms with Crippen LogP contribution in [0.5, 0.6) is 0 Å². The SMILES string of the molecule is CCCCCc1cccc(S(=O)(=O)Nc2cccc3cccnc23)c1CCCCC. The number of aromatic nitrogens is 1. The Balaban J connectivity index is 1.97. The summed E-state index contributed by atoms with van der Waals surface area (Å²) in [6.45, 7) is 4.35. The van der Waals surface area contributed by atoms with Crippen molar-refractivity contribution in [3.05, 3.63) is 65.9 Å². The molecule has 30 heavy (non-hydrogen) atoms. The molecule has 5 heteroatoms. The smallest absolute Gasteiger partial charge is 0.262 e. The molecule has 0 bridgehead atoms. The maximum Gasteiger partial charge on any atom is 0.262 e. The number of hydrogen-bond donors (Lipinski definition) is 1. The molecule has 1 aromatic heterocycles.